The zero-order chi connectivity index (χ0) is 17.5. The number of rotatable bonds is 6. The first-order valence-corrected chi connectivity index (χ1v) is 8.51. The lowest BCUT2D eigenvalue weighted by atomic mass is 10.1. The summed E-state index contributed by atoms with van der Waals surface area (Å²) in [6.45, 7) is 1.47. The molecule has 0 spiro atoms. The molecule has 2 aromatic rings. The fraction of sp³-hybridized carbons (Fsp3) is 0.316. The Morgan fingerprint density at radius 1 is 1.12 bits per heavy atom. The zero-order valence-corrected chi connectivity index (χ0v) is 14.0. The van der Waals surface area contributed by atoms with Gasteiger partial charge in [-0.1, -0.05) is 12.1 Å². The van der Waals surface area contributed by atoms with Gasteiger partial charge in [0, 0.05) is 42.7 Å². The summed E-state index contributed by atoms with van der Waals surface area (Å²) in [4.78, 5) is 28.0. The molecule has 25 heavy (non-hydrogen) atoms. The number of benzene rings is 1. The summed E-state index contributed by atoms with van der Waals surface area (Å²) in [5.41, 5.74) is 2.24. The lowest BCUT2D eigenvalue weighted by molar-refractivity contribution is -0.121. The predicted octanol–water partition coefficient (Wildman–Crippen LogP) is 2.09. The molecule has 1 atom stereocenters. The van der Waals surface area contributed by atoms with Gasteiger partial charge in [0.05, 0.1) is 0 Å². The molecule has 1 unspecified atom stereocenters. The maximum absolute atomic E-state index is 12.2. The van der Waals surface area contributed by atoms with Gasteiger partial charge in [-0.05, 0) is 49.2 Å². The summed E-state index contributed by atoms with van der Waals surface area (Å²) < 4.78 is 0. The van der Waals surface area contributed by atoms with Crippen molar-refractivity contribution >= 4 is 17.5 Å². The predicted molar refractivity (Wildman–Crippen MR) is 96.1 cm³/mol. The Morgan fingerprint density at radius 3 is 2.56 bits per heavy atom. The molecule has 130 valence electrons. The third kappa shape index (κ3) is 5.12. The van der Waals surface area contributed by atoms with Gasteiger partial charge in [-0.25, -0.2) is 0 Å². The van der Waals surface area contributed by atoms with Crippen LogP contribution in [0.2, 0.25) is 0 Å². The molecule has 6 heteroatoms. The number of pyridine rings is 1. The standard InChI is InChI=1S/C19H22N4O2/c24-18(12-17-2-1-9-21-17)22-13-14-3-5-15(6-4-14)19(25)23-16-7-10-20-11-8-16/h3-8,10-11,17,21H,1-2,9,12-13H2,(H,22,24)(H,20,23,25). The lowest BCUT2D eigenvalue weighted by Gasteiger charge is -2.11. The minimum absolute atomic E-state index is 0.0545. The van der Waals surface area contributed by atoms with Gasteiger partial charge in [0.15, 0.2) is 0 Å². The SMILES string of the molecule is O=C(CC1CCCN1)NCc1ccc(C(=O)Nc2ccncc2)cc1. The van der Waals surface area contributed by atoms with Gasteiger partial charge in [-0.15, -0.1) is 0 Å². The molecule has 6 nitrogen and oxygen atoms in total. The van der Waals surface area contributed by atoms with Gasteiger partial charge < -0.3 is 16.0 Å². The molecule has 1 aromatic carbocycles. The van der Waals surface area contributed by atoms with Gasteiger partial charge in [0.2, 0.25) is 5.91 Å². The van der Waals surface area contributed by atoms with E-state index >= 15 is 0 Å². The van der Waals surface area contributed by atoms with E-state index in [2.05, 4.69) is 20.9 Å². The summed E-state index contributed by atoms with van der Waals surface area (Å²) >= 11 is 0. The monoisotopic (exact) mass is 338 g/mol. The number of nitrogens with one attached hydrogen (secondary N) is 3. The summed E-state index contributed by atoms with van der Waals surface area (Å²) in [6.07, 6.45) is 5.98. The van der Waals surface area contributed by atoms with Crippen molar-refractivity contribution < 1.29 is 9.59 Å². The lowest BCUT2D eigenvalue weighted by Crippen LogP contribution is -2.31. The Labute approximate surface area is 147 Å². The molecule has 0 radical (unpaired) electrons. The van der Waals surface area contributed by atoms with Crippen molar-refractivity contribution in [3.63, 3.8) is 0 Å². The number of carbonyl (C=O) groups is 2. The Kier molecular flexibility index (Phi) is 5.74. The van der Waals surface area contributed by atoms with E-state index in [-0.39, 0.29) is 11.8 Å². The van der Waals surface area contributed by atoms with Crippen LogP contribution < -0.4 is 16.0 Å². The maximum Gasteiger partial charge on any atom is 0.255 e. The molecule has 0 aliphatic carbocycles. The van der Waals surface area contributed by atoms with Gasteiger partial charge in [0.1, 0.15) is 0 Å². The van der Waals surface area contributed by atoms with Crippen molar-refractivity contribution in [2.45, 2.75) is 31.8 Å². The minimum Gasteiger partial charge on any atom is -0.352 e. The number of hydrogen-bond acceptors (Lipinski definition) is 4. The zero-order valence-electron chi connectivity index (χ0n) is 14.0. The average molecular weight is 338 g/mol. The van der Waals surface area contributed by atoms with Crippen molar-refractivity contribution in [3.05, 3.63) is 59.9 Å². The molecule has 2 amide bonds. The quantitative estimate of drug-likeness (QED) is 0.753. The van der Waals surface area contributed by atoms with Crippen LogP contribution in [0.4, 0.5) is 5.69 Å². The van der Waals surface area contributed by atoms with E-state index in [1.165, 1.54) is 0 Å². The van der Waals surface area contributed by atoms with Crippen LogP contribution in [0.15, 0.2) is 48.8 Å². The molecule has 0 saturated carbocycles. The third-order valence-corrected chi connectivity index (χ3v) is 4.24. The molecule has 3 N–H and O–H groups in total. The van der Waals surface area contributed by atoms with Crippen molar-refractivity contribution in [1.82, 2.24) is 15.6 Å². The van der Waals surface area contributed by atoms with E-state index in [1.54, 1.807) is 36.7 Å². The number of carbonyl (C=O) groups excluding carboxylic acids is 2. The van der Waals surface area contributed by atoms with Crippen molar-refractivity contribution in [1.29, 1.82) is 0 Å². The van der Waals surface area contributed by atoms with Crippen molar-refractivity contribution in [3.8, 4) is 0 Å². The minimum atomic E-state index is -0.172. The number of hydrogen-bond donors (Lipinski definition) is 3. The Bertz CT molecular complexity index is 710. The Hall–Kier alpha value is -2.73. The molecule has 1 saturated heterocycles. The number of anilines is 1. The van der Waals surface area contributed by atoms with Crippen LogP contribution in [0.25, 0.3) is 0 Å². The highest BCUT2D eigenvalue weighted by molar-refractivity contribution is 6.04. The molecule has 3 rings (SSSR count). The van der Waals surface area contributed by atoms with Crippen molar-refractivity contribution in [2.24, 2.45) is 0 Å². The second-order valence-electron chi connectivity index (χ2n) is 6.16. The normalized spacial score (nSPS) is 16.4. The fourth-order valence-corrected chi connectivity index (χ4v) is 2.84. The van der Waals surface area contributed by atoms with Crippen LogP contribution in [0.5, 0.6) is 0 Å². The van der Waals surface area contributed by atoms with E-state index < -0.39 is 0 Å². The molecule has 1 fully saturated rings. The van der Waals surface area contributed by atoms with Crippen LogP contribution in [-0.2, 0) is 11.3 Å². The van der Waals surface area contributed by atoms with Crippen LogP contribution in [0.1, 0.15) is 35.2 Å². The van der Waals surface area contributed by atoms with Crippen LogP contribution in [-0.4, -0.2) is 29.4 Å². The van der Waals surface area contributed by atoms with E-state index in [4.69, 9.17) is 0 Å². The fourth-order valence-electron chi connectivity index (χ4n) is 2.84. The number of aromatic nitrogens is 1. The Morgan fingerprint density at radius 2 is 1.88 bits per heavy atom. The number of amides is 2. The molecule has 2 heterocycles. The van der Waals surface area contributed by atoms with Crippen LogP contribution >= 0.6 is 0 Å². The topological polar surface area (TPSA) is 83.1 Å². The highest BCUT2D eigenvalue weighted by atomic mass is 16.2. The maximum atomic E-state index is 12.2. The van der Waals surface area contributed by atoms with E-state index in [0.717, 1.165) is 24.9 Å². The average Bonchev–Trinajstić information content (AvgIpc) is 3.14. The van der Waals surface area contributed by atoms with Crippen molar-refractivity contribution in [2.75, 3.05) is 11.9 Å². The molecule has 0 bridgehead atoms. The summed E-state index contributed by atoms with van der Waals surface area (Å²) in [6, 6.07) is 11.0. The smallest absolute Gasteiger partial charge is 0.255 e. The summed E-state index contributed by atoms with van der Waals surface area (Å²) in [7, 11) is 0. The first-order chi connectivity index (χ1) is 12.2. The largest absolute Gasteiger partial charge is 0.352 e. The first kappa shape index (κ1) is 17.1. The first-order valence-electron chi connectivity index (χ1n) is 8.51. The number of nitrogens with zero attached hydrogens (tertiary/aromatic N) is 1. The highest BCUT2D eigenvalue weighted by Crippen LogP contribution is 2.10. The van der Waals surface area contributed by atoms with Gasteiger partial charge >= 0.3 is 0 Å². The summed E-state index contributed by atoms with van der Waals surface area (Å²) in [5.74, 6) is -0.118. The molecule has 1 aliphatic heterocycles. The summed E-state index contributed by atoms with van der Waals surface area (Å²) in [5, 5.41) is 9.06. The third-order valence-electron chi connectivity index (χ3n) is 4.24. The van der Waals surface area contributed by atoms with E-state index in [0.29, 0.717) is 30.3 Å². The van der Waals surface area contributed by atoms with Gasteiger partial charge in [-0.2, -0.15) is 0 Å². The van der Waals surface area contributed by atoms with Gasteiger partial charge in [-0.3, -0.25) is 14.6 Å². The van der Waals surface area contributed by atoms with Crippen LogP contribution in [0, 0.1) is 0 Å². The molecule has 1 aromatic heterocycles. The molecular weight excluding hydrogens is 316 g/mol. The van der Waals surface area contributed by atoms with E-state index in [9.17, 15) is 9.59 Å². The van der Waals surface area contributed by atoms with Crippen LogP contribution in [0.3, 0.4) is 0 Å². The second kappa shape index (κ2) is 8.39. The second-order valence-corrected chi connectivity index (χ2v) is 6.16. The Balaban J connectivity index is 1.48. The molecular formula is C19H22N4O2. The van der Waals surface area contributed by atoms with E-state index in [1.807, 2.05) is 12.1 Å². The van der Waals surface area contributed by atoms with Gasteiger partial charge in [0.25, 0.3) is 5.91 Å². The molecule has 1 aliphatic rings. The highest BCUT2D eigenvalue weighted by Gasteiger charge is 2.17.